The minimum Gasteiger partial charge on any atom is -0.393 e. The molecule has 5 nitrogen and oxygen atoms in total. The number of rotatable bonds is 7. The summed E-state index contributed by atoms with van der Waals surface area (Å²) in [6, 6.07) is 0. The molecule has 1 rings (SSSR count). The first-order valence-corrected chi connectivity index (χ1v) is 6.61. The van der Waals surface area contributed by atoms with Crippen molar-refractivity contribution >= 4 is 11.8 Å². The van der Waals surface area contributed by atoms with E-state index >= 15 is 0 Å². The highest BCUT2D eigenvalue weighted by molar-refractivity contribution is 5.82. The summed E-state index contributed by atoms with van der Waals surface area (Å²) in [7, 11) is 1.72. The zero-order valence-corrected chi connectivity index (χ0v) is 11.5. The van der Waals surface area contributed by atoms with Crippen LogP contribution in [0.4, 0.5) is 0 Å². The van der Waals surface area contributed by atoms with E-state index in [0.717, 1.165) is 6.42 Å². The van der Waals surface area contributed by atoms with Crippen LogP contribution in [-0.4, -0.2) is 48.1 Å². The standard InChI is InChI=1S/C13H24N2O3/c1-9-8-11(9)13(18)14-6-4-12(17)15(3)7-5-10(2)16/h9-11,16H,4-8H2,1-3H3,(H,14,18). The fourth-order valence-corrected chi connectivity index (χ4v) is 1.81. The number of nitrogens with zero attached hydrogens (tertiary/aromatic N) is 1. The summed E-state index contributed by atoms with van der Waals surface area (Å²) in [4.78, 5) is 24.8. The third-order valence-electron chi connectivity index (χ3n) is 3.39. The molecule has 0 aromatic heterocycles. The third kappa shape index (κ3) is 5.04. The number of carbonyl (C=O) groups is 2. The molecule has 1 aliphatic rings. The van der Waals surface area contributed by atoms with Gasteiger partial charge in [-0.05, 0) is 25.7 Å². The molecule has 0 radical (unpaired) electrons. The van der Waals surface area contributed by atoms with Crippen molar-refractivity contribution in [3.8, 4) is 0 Å². The summed E-state index contributed by atoms with van der Waals surface area (Å²) >= 11 is 0. The van der Waals surface area contributed by atoms with Gasteiger partial charge in [-0.1, -0.05) is 6.92 Å². The normalized spacial score (nSPS) is 23.3. The zero-order valence-electron chi connectivity index (χ0n) is 11.5. The molecule has 0 aromatic carbocycles. The van der Waals surface area contributed by atoms with Gasteiger partial charge in [0.15, 0.2) is 0 Å². The molecular formula is C13H24N2O3. The average Bonchev–Trinajstić information content (AvgIpc) is 3.02. The highest BCUT2D eigenvalue weighted by Crippen LogP contribution is 2.37. The Hall–Kier alpha value is -1.10. The summed E-state index contributed by atoms with van der Waals surface area (Å²) in [6.45, 7) is 4.71. The second kappa shape index (κ2) is 6.73. The Labute approximate surface area is 109 Å². The molecule has 2 N–H and O–H groups in total. The van der Waals surface area contributed by atoms with Crippen LogP contribution in [0.3, 0.4) is 0 Å². The third-order valence-corrected chi connectivity index (χ3v) is 3.39. The van der Waals surface area contributed by atoms with Gasteiger partial charge < -0.3 is 15.3 Å². The maximum atomic E-state index is 11.7. The van der Waals surface area contributed by atoms with Crippen molar-refractivity contribution < 1.29 is 14.7 Å². The lowest BCUT2D eigenvalue weighted by Crippen LogP contribution is -2.34. The van der Waals surface area contributed by atoms with Crippen LogP contribution < -0.4 is 5.32 Å². The summed E-state index contributed by atoms with van der Waals surface area (Å²) in [5.41, 5.74) is 0. The minimum absolute atomic E-state index is 0.000189. The quantitative estimate of drug-likeness (QED) is 0.692. The van der Waals surface area contributed by atoms with Gasteiger partial charge in [-0.25, -0.2) is 0 Å². The van der Waals surface area contributed by atoms with E-state index in [0.29, 0.717) is 31.8 Å². The minimum atomic E-state index is -0.392. The SMILES string of the molecule is CC(O)CCN(C)C(=O)CCNC(=O)C1CC1C. The van der Waals surface area contributed by atoms with Gasteiger partial charge in [0.05, 0.1) is 6.10 Å². The summed E-state index contributed by atoms with van der Waals surface area (Å²) < 4.78 is 0. The molecule has 0 bridgehead atoms. The Morgan fingerprint density at radius 1 is 1.50 bits per heavy atom. The maximum absolute atomic E-state index is 11.7. The largest absolute Gasteiger partial charge is 0.393 e. The van der Waals surface area contributed by atoms with Crippen LogP contribution in [0.15, 0.2) is 0 Å². The molecule has 1 fully saturated rings. The van der Waals surface area contributed by atoms with E-state index in [1.807, 2.05) is 0 Å². The first-order chi connectivity index (χ1) is 8.41. The van der Waals surface area contributed by atoms with Crippen molar-refractivity contribution in [1.29, 1.82) is 0 Å². The van der Waals surface area contributed by atoms with Gasteiger partial charge in [-0.15, -0.1) is 0 Å². The molecule has 1 aliphatic carbocycles. The summed E-state index contributed by atoms with van der Waals surface area (Å²) in [5, 5.41) is 11.9. The van der Waals surface area contributed by atoms with Gasteiger partial charge in [0.25, 0.3) is 0 Å². The molecule has 0 aromatic rings. The molecule has 5 heteroatoms. The van der Waals surface area contributed by atoms with E-state index in [2.05, 4.69) is 12.2 Å². The predicted octanol–water partition coefficient (Wildman–Crippen LogP) is 0.378. The van der Waals surface area contributed by atoms with Crippen LogP contribution in [0.2, 0.25) is 0 Å². The number of carbonyl (C=O) groups excluding carboxylic acids is 2. The number of nitrogens with one attached hydrogen (secondary N) is 1. The van der Waals surface area contributed by atoms with Crippen LogP contribution in [-0.2, 0) is 9.59 Å². The van der Waals surface area contributed by atoms with Crippen molar-refractivity contribution in [2.24, 2.45) is 11.8 Å². The Balaban J connectivity index is 2.10. The smallest absolute Gasteiger partial charge is 0.224 e. The van der Waals surface area contributed by atoms with Crippen molar-refractivity contribution in [2.75, 3.05) is 20.1 Å². The van der Waals surface area contributed by atoms with Gasteiger partial charge in [0, 0.05) is 32.5 Å². The summed E-state index contributed by atoms with van der Waals surface area (Å²) in [6.07, 6.45) is 1.47. The van der Waals surface area contributed by atoms with Crippen molar-refractivity contribution in [2.45, 2.75) is 39.2 Å². The van der Waals surface area contributed by atoms with Gasteiger partial charge in [-0.3, -0.25) is 9.59 Å². The van der Waals surface area contributed by atoms with Crippen molar-refractivity contribution in [3.63, 3.8) is 0 Å². The number of hydrogen-bond donors (Lipinski definition) is 2. The van der Waals surface area contributed by atoms with Crippen LogP contribution in [0.5, 0.6) is 0 Å². The molecule has 18 heavy (non-hydrogen) atoms. The van der Waals surface area contributed by atoms with E-state index in [-0.39, 0.29) is 17.7 Å². The van der Waals surface area contributed by atoms with Gasteiger partial charge in [-0.2, -0.15) is 0 Å². The fourth-order valence-electron chi connectivity index (χ4n) is 1.81. The predicted molar refractivity (Wildman–Crippen MR) is 68.8 cm³/mol. The molecule has 1 saturated carbocycles. The average molecular weight is 256 g/mol. The van der Waals surface area contributed by atoms with Crippen molar-refractivity contribution in [1.82, 2.24) is 10.2 Å². The second-order valence-electron chi connectivity index (χ2n) is 5.31. The lowest BCUT2D eigenvalue weighted by Gasteiger charge is -2.18. The Morgan fingerprint density at radius 3 is 2.61 bits per heavy atom. The number of aliphatic hydroxyl groups excluding tert-OH is 1. The van der Waals surface area contributed by atoms with E-state index in [1.54, 1.807) is 18.9 Å². The van der Waals surface area contributed by atoms with Gasteiger partial charge >= 0.3 is 0 Å². The van der Waals surface area contributed by atoms with Crippen LogP contribution in [0.25, 0.3) is 0 Å². The van der Waals surface area contributed by atoms with Crippen LogP contribution >= 0.6 is 0 Å². The first kappa shape index (κ1) is 15.0. The zero-order chi connectivity index (χ0) is 13.7. The number of amides is 2. The number of hydrogen-bond acceptors (Lipinski definition) is 3. The van der Waals surface area contributed by atoms with Gasteiger partial charge in [0.2, 0.25) is 11.8 Å². The Morgan fingerprint density at radius 2 is 2.11 bits per heavy atom. The molecule has 3 unspecified atom stereocenters. The molecule has 3 atom stereocenters. The first-order valence-electron chi connectivity index (χ1n) is 6.61. The Bertz CT molecular complexity index is 305. The molecule has 104 valence electrons. The van der Waals surface area contributed by atoms with E-state index < -0.39 is 6.10 Å². The van der Waals surface area contributed by atoms with E-state index in [4.69, 9.17) is 5.11 Å². The highest BCUT2D eigenvalue weighted by Gasteiger charge is 2.38. The topological polar surface area (TPSA) is 69.6 Å². The molecule has 0 heterocycles. The molecule has 2 amide bonds. The maximum Gasteiger partial charge on any atom is 0.224 e. The van der Waals surface area contributed by atoms with Crippen LogP contribution in [0, 0.1) is 11.8 Å². The molecule has 0 aliphatic heterocycles. The molecular weight excluding hydrogens is 232 g/mol. The monoisotopic (exact) mass is 256 g/mol. The van der Waals surface area contributed by atoms with Crippen molar-refractivity contribution in [3.05, 3.63) is 0 Å². The molecule has 0 saturated heterocycles. The highest BCUT2D eigenvalue weighted by atomic mass is 16.3. The van der Waals surface area contributed by atoms with Gasteiger partial charge in [0.1, 0.15) is 0 Å². The Kier molecular flexibility index (Phi) is 5.59. The number of aliphatic hydroxyl groups is 1. The summed E-state index contributed by atoms with van der Waals surface area (Å²) in [5.74, 6) is 0.726. The lowest BCUT2D eigenvalue weighted by atomic mass is 10.2. The van der Waals surface area contributed by atoms with E-state index in [9.17, 15) is 9.59 Å². The second-order valence-corrected chi connectivity index (χ2v) is 5.31. The van der Waals surface area contributed by atoms with E-state index in [1.165, 1.54) is 0 Å². The lowest BCUT2D eigenvalue weighted by molar-refractivity contribution is -0.130. The van der Waals surface area contributed by atoms with Crippen LogP contribution in [0.1, 0.15) is 33.1 Å². The fraction of sp³-hybridized carbons (Fsp3) is 0.846. The molecule has 0 spiro atoms.